The number of rotatable bonds is 3. The smallest absolute Gasteiger partial charge is 0.123 e. The molecule has 1 aromatic rings. The highest BCUT2D eigenvalue weighted by atomic mass is 79.9. The van der Waals surface area contributed by atoms with Crippen LogP contribution in [0.25, 0.3) is 0 Å². The van der Waals surface area contributed by atoms with Crippen molar-refractivity contribution < 1.29 is 10.2 Å². The quantitative estimate of drug-likeness (QED) is 0.702. The van der Waals surface area contributed by atoms with Gasteiger partial charge in [-0.25, -0.2) is 4.98 Å². The van der Waals surface area contributed by atoms with Gasteiger partial charge in [0.2, 0.25) is 0 Å². The Kier molecular flexibility index (Phi) is 3.86. The lowest BCUT2D eigenvalue weighted by atomic mass is 10.1. The molecule has 0 aliphatic carbocycles. The molecule has 5 heteroatoms. The number of hydrogen-bond acceptors (Lipinski definition) is 4. The maximum atomic E-state index is 9.64. The Labute approximate surface area is 90.9 Å². The van der Waals surface area contributed by atoms with Crippen molar-refractivity contribution in [1.29, 1.82) is 0 Å². The van der Waals surface area contributed by atoms with Crippen LogP contribution in [0.2, 0.25) is 0 Å². The fraction of sp³-hybridized carbons (Fsp3) is 0.444. The van der Waals surface area contributed by atoms with Crippen LogP contribution in [0.3, 0.4) is 0 Å². The van der Waals surface area contributed by atoms with E-state index in [9.17, 15) is 10.2 Å². The van der Waals surface area contributed by atoms with E-state index in [0.29, 0.717) is 16.8 Å². The molecule has 4 N–H and O–H groups in total. The SMILES string of the molecule is Cc1cc(N)nc(C(O)C(O)CBr)c1. The second-order valence-corrected chi connectivity index (χ2v) is 3.81. The van der Waals surface area contributed by atoms with Crippen molar-refractivity contribution >= 4 is 21.7 Å². The summed E-state index contributed by atoms with van der Waals surface area (Å²) < 4.78 is 0. The first-order valence-electron chi connectivity index (χ1n) is 4.20. The van der Waals surface area contributed by atoms with Crippen LogP contribution >= 0.6 is 15.9 Å². The molecule has 1 aromatic heterocycles. The summed E-state index contributed by atoms with van der Waals surface area (Å²) in [7, 11) is 0. The number of nitrogens with two attached hydrogens (primary N) is 1. The lowest BCUT2D eigenvalue weighted by molar-refractivity contribution is 0.0316. The summed E-state index contributed by atoms with van der Waals surface area (Å²) in [6.07, 6.45) is -1.87. The predicted molar refractivity (Wildman–Crippen MR) is 58.1 cm³/mol. The standard InChI is InChI=1S/C9H13BrN2O2/c1-5-2-6(12-8(11)3-5)9(14)7(13)4-10/h2-3,7,9,13-14H,4H2,1H3,(H2,11,12). The molecule has 0 bridgehead atoms. The summed E-state index contributed by atoms with van der Waals surface area (Å²) in [6, 6.07) is 3.41. The number of halogens is 1. The van der Waals surface area contributed by atoms with Crippen LogP contribution in [-0.4, -0.2) is 26.6 Å². The molecule has 0 aliphatic heterocycles. The molecular formula is C9H13BrN2O2. The number of aromatic nitrogens is 1. The van der Waals surface area contributed by atoms with Gasteiger partial charge in [-0.1, -0.05) is 15.9 Å². The lowest BCUT2D eigenvalue weighted by Crippen LogP contribution is -2.20. The van der Waals surface area contributed by atoms with Gasteiger partial charge in [-0.15, -0.1) is 0 Å². The molecule has 78 valence electrons. The number of nitrogens with zero attached hydrogens (tertiary/aromatic N) is 1. The third-order valence-corrected chi connectivity index (χ3v) is 2.50. The Morgan fingerprint density at radius 2 is 2.14 bits per heavy atom. The summed E-state index contributed by atoms with van der Waals surface area (Å²) in [4.78, 5) is 3.95. The van der Waals surface area contributed by atoms with Gasteiger partial charge in [-0.2, -0.15) is 0 Å². The molecule has 0 aromatic carbocycles. The summed E-state index contributed by atoms with van der Waals surface area (Å²) in [6.45, 7) is 1.86. The van der Waals surface area contributed by atoms with Crippen molar-refractivity contribution in [2.24, 2.45) is 0 Å². The normalized spacial score (nSPS) is 15.1. The minimum atomic E-state index is -1.00. The fourth-order valence-corrected chi connectivity index (χ4v) is 1.51. The van der Waals surface area contributed by atoms with Crippen LogP contribution in [0, 0.1) is 6.92 Å². The average Bonchev–Trinajstić information content (AvgIpc) is 2.14. The van der Waals surface area contributed by atoms with Gasteiger partial charge in [0.1, 0.15) is 11.9 Å². The number of hydrogen-bond donors (Lipinski definition) is 3. The minimum absolute atomic E-state index is 0.295. The largest absolute Gasteiger partial charge is 0.389 e. The van der Waals surface area contributed by atoms with Crippen LogP contribution in [0.1, 0.15) is 17.4 Å². The lowest BCUT2D eigenvalue weighted by Gasteiger charge is -2.15. The van der Waals surface area contributed by atoms with E-state index < -0.39 is 12.2 Å². The van der Waals surface area contributed by atoms with Gasteiger partial charge in [0.05, 0.1) is 11.8 Å². The highest BCUT2D eigenvalue weighted by Gasteiger charge is 2.18. The molecule has 14 heavy (non-hydrogen) atoms. The molecule has 4 nitrogen and oxygen atoms in total. The molecular weight excluding hydrogens is 248 g/mol. The van der Waals surface area contributed by atoms with Gasteiger partial charge in [0, 0.05) is 5.33 Å². The molecule has 0 saturated carbocycles. The van der Waals surface area contributed by atoms with E-state index in [4.69, 9.17) is 5.73 Å². The van der Waals surface area contributed by atoms with Crippen molar-refractivity contribution in [3.63, 3.8) is 0 Å². The minimum Gasteiger partial charge on any atom is -0.389 e. The highest BCUT2D eigenvalue weighted by molar-refractivity contribution is 9.09. The van der Waals surface area contributed by atoms with Crippen LogP contribution in [0.5, 0.6) is 0 Å². The zero-order chi connectivity index (χ0) is 10.7. The molecule has 0 amide bonds. The summed E-state index contributed by atoms with van der Waals surface area (Å²) in [5.74, 6) is 0.348. The van der Waals surface area contributed by atoms with Crippen LogP contribution in [-0.2, 0) is 0 Å². The molecule has 0 saturated heterocycles. The molecule has 0 spiro atoms. The Morgan fingerprint density at radius 3 is 2.64 bits per heavy atom. The Bertz CT molecular complexity index is 299. The maximum absolute atomic E-state index is 9.64. The Hall–Kier alpha value is -0.650. The number of alkyl halides is 1. The average molecular weight is 261 g/mol. The second kappa shape index (κ2) is 4.72. The topological polar surface area (TPSA) is 79.4 Å². The number of pyridine rings is 1. The molecule has 1 heterocycles. The van der Waals surface area contributed by atoms with Gasteiger partial charge in [-0.05, 0) is 24.6 Å². The molecule has 2 unspecified atom stereocenters. The van der Waals surface area contributed by atoms with E-state index in [1.807, 2.05) is 6.92 Å². The zero-order valence-corrected chi connectivity index (χ0v) is 9.40. The maximum Gasteiger partial charge on any atom is 0.123 e. The van der Waals surface area contributed by atoms with Crippen molar-refractivity contribution in [3.05, 3.63) is 23.4 Å². The first-order chi connectivity index (χ1) is 6.54. The third kappa shape index (κ3) is 2.67. The summed E-state index contributed by atoms with van der Waals surface area (Å²) in [5, 5.41) is 19.3. The van der Waals surface area contributed by atoms with Crippen LogP contribution in [0.4, 0.5) is 5.82 Å². The van der Waals surface area contributed by atoms with E-state index in [-0.39, 0.29) is 0 Å². The molecule has 0 fully saturated rings. The van der Waals surface area contributed by atoms with Gasteiger partial charge in [0.25, 0.3) is 0 Å². The Balaban J connectivity index is 2.94. The van der Waals surface area contributed by atoms with E-state index in [1.54, 1.807) is 12.1 Å². The van der Waals surface area contributed by atoms with Crippen LogP contribution < -0.4 is 5.73 Å². The summed E-state index contributed by atoms with van der Waals surface area (Å²) in [5.41, 5.74) is 6.83. The van der Waals surface area contributed by atoms with E-state index in [2.05, 4.69) is 20.9 Å². The number of aryl methyl sites for hydroxylation is 1. The first kappa shape index (κ1) is 11.4. The number of aliphatic hydroxyl groups is 2. The monoisotopic (exact) mass is 260 g/mol. The Morgan fingerprint density at radius 1 is 1.50 bits per heavy atom. The van der Waals surface area contributed by atoms with E-state index in [1.165, 1.54) is 0 Å². The van der Waals surface area contributed by atoms with Gasteiger partial charge < -0.3 is 15.9 Å². The third-order valence-electron chi connectivity index (χ3n) is 1.83. The number of aliphatic hydroxyl groups excluding tert-OH is 2. The highest BCUT2D eigenvalue weighted by Crippen LogP contribution is 2.18. The molecule has 1 rings (SSSR count). The summed E-state index contributed by atoms with van der Waals surface area (Å²) >= 11 is 3.08. The fourth-order valence-electron chi connectivity index (χ4n) is 1.15. The van der Waals surface area contributed by atoms with Crippen molar-refractivity contribution in [1.82, 2.24) is 4.98 Å². The number of anilines is 1. The van der Waals surface area contributed by atoms with Crippen LogP contribution in [0.15, 0.2) is 12.1 Å². The van der Waals surface area contributed by atoms with Crippen molar-refractivity contribution in [3.8, 4) is 0 Å². The molecule has 0 aliphatic rings. The molecule has 0 radical (unpaired) electrons. The van der Waals surface area contributed by atoms with Crippen molar-refractivity contribution in [2.45, 2.75) is 19.1 Å². The van der Waals surface area contributed by atoms with Gasteiger partial charge in [-0.3, -0.25) is 0 Å². The van der Waals surface area contributed by atoms with Crippen molar-refractivity contribution in [2.75, 3.05) is 11.1 Å². The van der Waals surface area contributed by atoms with Gasteiger partial charge >= 0.3 is 0 Å². The van der Waals surface area contributed by atoms with Gasteiger partial charge in [0.15, 0.2) is 0 Å². The number of nitrogen functional groups attached to an aromatic ring is 1. The molecule has 2 atom stereocenters. The first-order valence-corrected chi connectivity index (χ1v) is 5.33. The van der Waals surface area contributed by atoms with E-state index in [0.717, 1.165) is 5.56 Å². The zero-order valence-electron chi connectivity index (χ0n) is 7.81. The van der Waals surface area contributed by atoms with E-state index >= 15 is 0 Å². The predicted octanol–water partition coefficient (Wildman–Crippen LogP) is 0.761. The second-order valence-electron chi connectivity index (χ2n) is 3.16.